The molecule has 2 aromatic rings. The van der Waals surface area contributed by atoms with Crippen molar-refractivity contribution in [2.75, 3.05) is 11.6 Å². The second-order valence-corrected chi connectivity index (χ2v) is 6.00. The zero-order valence-corrected chi connectivity index (χ0v) is 11.4. The Bertz CT molecular complexity index is 525. The van der Waals surface area contributed by atoms with Crippen molar-refractivity contribution in [1.82, 2.24) is 4.98 Å². The van der Waals surface area contributed by atoms with Crippen molar-refractivity contribution in [1.29, 1.82) is 0 Å². The number of hydrogen-bond donors (Lipinski definition) is 1. The first-order valence-electron chi connectivity index (χ1n) is 6.48. The Balaban J connectivity index is 1.77. The van der Waals surface area contributed by atoms with Crippen LogP contribution in [0.4, 0.5) is 5.82 Å². The predicted octanol–water partition coefficient (Wildman–Crippen LogP) is 3.91. The Morgan fingerprint density at radius 2 is 2.33 bits per heavy atom. The number of pyridine rings is 1. The number of aromatic nitrogens is 1. The minimum absolute atomic E-state index is 0.546. The quantitative estimate of drug-likeness (QED) is 0.910. The van der Waals surface area contributed by atoms with Crippen LogP contribution < -0.4 is 5.32 Å². The molecule has 0 amide bonds. The number of anilines is 1. The molecule has 0 bridgehead atoms. The summed E-state index contributed by atoms with van der Waals surface area (Å²) in [6, 6.07) is 4.44. The van der Waals surface area contributed by atoms with Crippen LogP contribution in [0, 0.1) is 0 Å². The third kappa shape index (κ3) is 2.34. The van der Waals surface area contributed by atoms with Crippen molar-refractivity contribution in [2.24, 2.45) is 0 Å². The van der Waals surface area contributed by atoms with E-state index in [0.717, 1.165) is 22.0 Å². The lowest BCUT2D eigenvalue weighted by atomic mass is 9.95. The number of furan rings is 1. The molecule has 0 spiro atoms. The van der Waals surface area contributed by atoms with Gasteiger partial charge in [0.05, 0.1) is 11.6 Å². The van der Waals surface area contributed by atoms with Gasteiger partial charge in [-0.3, -0.25) is 0 Å². The molecular formula is C14H18N2OS. The van der Waals surface area contributed by atoms with E-state index in [1.807, 2.05) is 30.1 Å². The molecule has 3 rings (SSSR count). The molecule has 1 aliphatic rings. The topological polar surface area (TPSA) is 38.1 Å². The fourth-order valence-electron chi connectivity index (χ4n) is 2.69. The Morgan fingerprint density at radius 1 is 1.39 bits per heavy atom. The van der Waals surface area contributed by atoms with Gasteiger partial charge in [0.25, 0.3) is 0 Å². The standard InChI is InChI=1S/C14H18N2OS/c1-18-11-4-2-3-10(9-11)16-14-12-6-8-17-13(12)5-7-15-14/h5-8,10-11H,2-4,9H2,1H3,(H,15,16). The molecule has 2 aromatic heterocycles. The van der Waals surface area contributed by atoms with E-state index in [4.69, 9.17) is 4.42 Å². The predicted molar refractivity (Wildman–Crippen MR) is 77.2 cm³/mol. The van der Waals surface area contributed by atoms with Crippen LogP contribution in [0.25, 0.3) is 11.0 Å². The van der Waals surface area contributed by atoms with Gasteiger partial charge in [0, 0.05) is 17.5 Å². The molecular weight excluding hydrogens is 244 g/mol. The summed E-state index contributed by atoms with van der Waals surface area (Å²) in [6.07, 6.45) is 10.9. The molecule has 1 N–H and O–H groups in total. The van der Waals surface area contributed by atoms with Gasteiger partial charge in [0.2, 0.25) is 0 Å². The normalized spacial score (nSPS) is 24.3. The van der Waals surface area contributed by atoms with E-state index in [-0.39, 0.29) is 0 Å². The Kier molecular flexibility index (Phi) is 3.46. The molecule has 2 heterocycles. The highest BCUT2D eigenvalue weighted by molar-refractivity contribution is 7.99. The summed E-state index contributed by atoms with van der Waals surface area (Å²) in [5, 5.41) is 5.47. The largest absolute Gasteiger partial charge is 0.464 e. The SMILES string of the molecule is CSC1CCCC(Nc2nccc3occc23)C1. The third-order valence-corrected chi connectivity index (χ3v) is 4.77. The fourth-order valence-corrected chi connectivity index (χ4v) is 3.52. The van der Waals surface area contributed by atoms with Crippen LogP contribution in [-0.2, 0) is 0 Å². The van der Waals surface area contributed by atoms with E-state index in [1.54, 1.807) is 6.26 Å². The maximum Gasteiger partial charge on any atom is 0.139 e. The van der Waals surface area contributed by atoms with Crippen molar-refractivity contribution < 1.29 is 4.42 Å². The number of rotatable bonds is 3. The van der Waals surface area contributed by atoms with Gasteiger partial charge >= 0.3 is 0 Å². The highest BCUT2D eigenvalue weighted by Crippen LogP contribution is 2.30. The monoisotopic (exact) mass is 262 g/mol. The lowest BCUT2D eigenvalue weighted by Crippen LogP contribution is -2.28. The molecule has 0 saturated heterocycles. The van der Waals surface area contributed by atoms with Crippen molar-refractivity contribution in [3.8, 4) is 0 Å². The van der Waals surface area contributed by atoms with E-state index in [2.05, 4.69) is 16.6 Å². The van der Waals surface area contributed by atoms with Crippen LogP contribution in [0.5, 0.6) is 0 Å². The Hall–Kier alpha value is -1.16. The number of nitrogens with one attached hydrogen (secondary N) is 1. The fraction of sp³-hybridized carbons (Fsp3) is 0.500. The summed E-state index contributed by atoms with van der Waals surface area (Å²) in [4.78, 5) is 4.45. The number of nitrogens with zero attached hydrogens (tertiary/aromatic N) is 1. The smallest absolute Gasteiger partial charge is 0.139 e. The molecule has 3 nitrogen and oxygen atoms in total. The molecule has 0 aromatic carbocycles. The van der Waals surface area contributed by atoms with Crippen LogP contribution in [0.2, 0.25) is 0 Å². The molecule has 2 atom stereocenters. The maximum atomic E-state index is 5.41. The summed E-state index contributed by atoms with van der Waals surface area (Å²) >= 11 is 1.99. The van der Waals surface area contributed by atoms with Crippen molar-refractivity contribution >= 4 is 28.5 Å². The Morgan fingerprint density at radius 3 is 3.22 bits per heavy atom. The first kappa shape index (κ1) is 11.9. The lowest BCUT2D eigenvalue weighted by Gasteiger charge is -2.29. The Labute approximate surface area is 111 Å². The van der Waals surface area contributed by atoms with Gasteiger partial charge < -0.3 is 9.73 Å². The van der Waals surface area contributed by atoms with E-state index in [9.17, 15) is 0 Å². The van der Waals surface area contributed by atoms with E-state index in [1.165, 1.54) is 25.7 Å². The summed E-state index contributed by atoms with van der Waals surface area (Å²) in [5.74, 6) is 0.966. The van der Waals surface area contributed by atoms with Gasteiger partial charge in [-0.05, 0) is 37.7 Å². The first-order chi connectivity index (χ1) is 8.86. The van der Waals surface area contributed by atoms with Gasteiger partial charge in [-0.15, -0.1) is 0 Å². The second kappa shape index (κ2) is 5.22. The van der Waals surface area contributed by atoms with E-state index < -0.39 is 0 Å². The summed E-state index contributed by atoms with van der Waals surface area (Å²) in [6.45, 7) is 0. The zero-order valence-electron chi connectivity index (χ0n) is 10.6. The minimum atomic E-state index is 0.546. The summed E-state index contributed by atoms with van der Waals surface area (Å²) in [5.41, 5.74) is 0.907. The second-order valence-electron chi connectivity index (χ2n) is 4.86. The van der Waals surface area contributed by atoms with Crippen molar-refractivity contribution in [3.05, 3.63) is 24.6 Å². The van der Waals surface area contributed by atoms with Gasteiger partial charge in [-0.2, -0.15) is 11.8 Å². The van der Waals surface area contributed by atoms with Gasteiger partial charge in [0.15, 0.2) is 0 Å². The molecule has 0 aliphatic heterocycles. The highest BCUT2D eigenvalue weighted by atomic mass is 32.2. The van der Waals surface area contributed by atoms with E-state index in [0.29, 0.717) is 6.04 Å². The highest BCUT2D eigenvalue weighted by Gasteiger charge is 2.21. The average molecular weight is 262 g/mol. The molecule has 96 valence electrons. The summed E-state index contributed by atoms with van der Waals surface area (Å²) in [7, 11) is 0. The molecule has 1 aliphatic carbocycles. The van der Waals surface area contributed by atoms with Crippen LogP contribution in [-0.4, -0.2) is 22.5 Å². The van der Waals surface area contributed by atoms with Crippen LogP contribution in [0.3, 0.4) is 0 Å². The molecule has 2 unspecified atom stereocenters. The van der Waals surface area contributed by atoms with Gasteiger partial charge in [-0.1, -0.05) is 6.42 Å². The maximum absolute atomic E-state index is 5.41. The number of hydrogen-bond acceptors (Lipinski definition) is 4. The molecule has 4 heteroatoms. The van der Waals surface area contributed by atoms with Crippen LogP contribution in [0.15, 0.2) is 29.0 Å². The van der Waals surface area contributed by atoms with Crippen molar-refractivity contribution in [3.63, 3.8) is 0 Å². The third-order valence-electron chi connectivity index (χ3n) is 3.68. The van der Waals surface area contributed by atoms with Gasteiger partial charge in [0.1, 0.15) is 11.4 Å². The minimum Gasteiger partial charge on any atom is -0.464 e. The lowest BCUT2D eigenvalue weighted by molar-refractivity contribution is 0.473. The van der Waals surface area contributed by atoms with E-state index >= 15 is 0 Å². The zero-order chi connectivity index (χ0) is 12.4. The summed E-state index contributed by atoms with van der Waals surface area (Å²) < 4.78 is 5.41. The molecule has 1 fully saturated rings. The molecule has 18 heavy (non-hydrogen) atoms. The first-order valence-corrected chi connectivity index (χ1v) is 7.77. The number of fused-ring (bicyclic) bond motifs is 1. The van der Waals surface area contributed by atoms with Crippen LogP contribution >= 0.6 is 11.8 Å². The van der Waals surface area contributed by atoms with Crippen LogP contribution in [0.1, 0.15) is 25.7 Å². The molecule has 0 radical (unpaired) electrons. The van der Waals surface area contributed by atoms with Crippen molar-refractivity contribution in [2.45, 2.75) is 37.0 Å². The average Bonchev–Trinajstić information content (AvgIpc) is 2.88. The molecule has 1 saturated carbocycles. The number of thioether (sulfide) groups is 1. The van der Waals surface area contributed by atoms with Gasteiger partial charge in [-0.25, -0.2) is 4.98 Å².